The van der Waals surface area contributed by atoms with Gasteiger partial charge in [0.05, 0.1) is 12.5 Å². The molecule has 1 atom stereocenters. The first-order chi connectivity index (χ1) is 6.07. The predicted octanol–water partition coefficient (Wildman–Crippen LogP) is 2.93. The Morgan fingerprint density at radius 2 is 2.15 bits per heavy atom. The van der Waals surface area contributed by atoms with Crippen molar-refractivity contribution in [3.63, 3.8) is 0 Å². The molecule has 2 nitrogen and oxygen atoms in total. The van der Waals surface area contributed by atoms with Crippen LogP contribution in [-0.4, -0.2) is 12.6 Å². The Bertz CT molecular complexity index is 173. The van der Waals surface area contributed by atoms with Crippen molar-refractivity contribution in [3.8, 4) is 0 Å². The largest absolute Gasteiger partial charge is 0.466 e. The highest BCUT2D eigenvalue weighted by molar-refractivity contribution is 5.71. The minimum absolute atomic E-state index is 0.0271. The number of ether oxygens (including phenoxy) is 1. The van der Waals surface area contributed by atoms with Crippen molar-refractivity contribution in [1.29, 1.82) is 0 Å². The third-order valence-electron chi connectivity index (χ3n) is 1.93. The van der Waals surface area contributed by atoms with Gasteiger partial charge < -0.3 is 4.74 Å². The average Bonchev–Trinajstić information content (AvgIpc) is 2.04. The van der Waals surface area contributed by atoms with E-state index < -0.39 is 0 Å². The summed E-state index contributed by atoms with van der Waals surface area (Å²) in [4.78, 5) is 11.2. The van der Waals surface area contributed by atoms with E-state index in [-0.39, 0.29) is 11.9 Å². The van der Waals surface area contributed by atoms with Crippen LogP contribution in [-0.2, 0) is 9.53 Å². The van der Waals surface area contributed by atoms with Crippen molar-refractivity contribution < 1.29 is 9.53 Å². The number of hydrogen-bond donors (Lipinski definition) is 0. The molecule has 0 fully saturated rings. The summed E-state index contributed by atoms with van der Waals surface area (Å²) in [5, 5.41) is 0. The summed E-state index contributed by atoms with van der Waals surface area (Å²) >= 11 is 0. The highest BCUT2D eigenvalue weighted by atomic mass is 16.5. The highest BCUT2D eigenvalue weighted by Gasteiger charge is 2.12. The fraction of sp³-hybridized carbons (Fsp3) is 0.727. The van der Waals surface area contributed by atoms with Crippen molar-refractivity contribution in [2.24, 2.45) is 5.92 Å². The normalized spacial score (nSPS) is 12.2. The van der Waals surface area contributed by atoms with Gasteiger partial charge in [-0.05, 0) is 33.1 Å². The molecule has 2 heteroatoms. The second-order valence-electron chi connectivity index (χ2n) is 3.50. The third kappa shape index (κ3) is 6.38. The smallest absolute Gasteiger partial charge is 0.308 e. The van der Waals surface area contributed by atoms with E-state index >= 15 is 0 Å². The van der Waals surface area contributed by atoms with E-state index in [9.17, 15) is 4.79 Å². The molecule has 0 aliphatic rings. The number of allylic oxidation sites excluding steroid dienone is 1. The lowest BCUT2D eigenvalue weighted by Crippen LogP contribution is -2.14. The van der Waals surface area contributed by atoms with Gasteiger partial charge in [-0.2, -0.15) is 0 Å². The number of hydrogen-bond acceptors (Lipinski definition) is 2. The Morgan fingerprint density at radius 1 is 1.54 bits per heavy atom. The minimum atomic E-state index is -0.0794. The second kappa shape index (κ2) is 6.70. The van der Waals surface area contributed by atoms with Crippen LogP contribution in [0.25, 0.3) is 0 Å². The molecule has 0 N–H and O–H groups in total. The molecule has 0 rings (SSSR count). The van der Waals surface area contributed by atoms with Crippen molar-refractivity contribution >= 4 is 5.97 Å². The molecule has 0 radical (unpaired) electrons. The van der Waals surface area contributed by atoms with Crippen LogP contribution in [0.2, 0.25) is 0 Å². The monoisotopic (exact) mass is 184 g/mol. The molecule has 0 heterocycles. The van der Waals surface area contributed by atoms with Crippen LogP contribution in [0.15, 0.2) is 12.2 Å². The first kappa shape index (κ1) is 12.2. The number of carbonyl (C=O) groups excluding carboxylic acids is 1. The molecular formula is C11H20O2. The zero-order chi connectivity index (χ0) is 10.3. The topological polar surface area (TPSA) is 26.3 Å². The van der Waals surface area contributed by atoms with Crippen molar-refractivity contribution in [1.82, 2.24) is 0 Å². The molecular weight excluding hydrogens is 164 g/mol. The second-order valence-corrected chi connectivity index (χ2v) is 3.50. The quantitative estimate of drug-likeness (QED) is 0.468. The molecule has 0 aromatic rings. The van der Waals surface area contributed by atoms with Gasteiger partial charge in [-0.25, -0.2) is 0 Å². The summed E-state index contributed by atoms with van der Waals surface area (Å²) in [6, 6.07) is 0. The summed E-state index contributed by atoms with van der Waals surface area (Å²) in [5.41, 5.74) is 1.18. The van der Waals surface area contributed by atoms with Gasteiger partial charge >= 0.3 is 5.97 Å². The Balaban J connectivity index is 3.55. The number of esters is 1. The van der Waals surface area contributed by atoms with E-state index in [1.807, 2.05) is 20.8 Å². The van der Waals surface area contributed by atoms with Crippen LogP contribution in [0.1, 0.15) is 40.0 Å². The number of carbonyl (C=O) groups is 1. The summed E-state index contributed by atoms with van der Waals surface area (Å²) in [7, 11) is 0. The van der Waals surface area contributed by atoms with Crippen molar-refractivity contribution in [3.05, 3.63) is 12.2 Å². The van der Waals surface area contributed by atoms with Crippen LogP contribution in [0.3, 0.4) is 0 Å². The van der Waals surface area contributed by atoms with E-state index in [0.717, 1.165) is 19.3 Å². The zero-order valence-corrected chi connectivity index (χ0v) is 8.93. The summed E-state index contributed by atoms with van der Waals surface area (Å²) in [5.74, 6) is -0.0523. The van der Waals surface area contributed by atoms with E-state index in [2.05, 4.69) is 6.58 Å². The highest BCUT2D eigenvalue weighted by Crippen LogP contribution is 2.12. The first-order valence-electron chi connectivity index (χ1n) is 4.89. The lowest BCUT2D eigenvalue weighted by molar-refractivity contribution is -0.147. The Hall–Kier alpha value is -0.790. The van der Waals surface area contributed by atoms with E-state index in [1.165, 1.54) is 5.57 Å². The molecule has 0 saturated carbocycles. The van der Waals surface area contributed by atoms with Gasteiger partial charge in [0.1, 0.15) is 0 Å². The zero-order valence-electron chi connectivity index (χ0n) is 8.93. The maximum Gasteiger partial charge on any atom is 0.308 e. The van der Waals surface area contributed by atoms with Gasteiger partial charge in [0, 0.05) is 0 Å². The van der Waals surface area contributed by atoms with Crippen LogP contribution in [0.5, 0.6) is 0 Å². The standard InChI is InChI=1S/C11H20O2/c1-5-13-11(12)10(4)8-6-7-9(2)3/h10H,2,5-8H2,1,3-4H3. The predicted molar refractivity (Wildman–Crippen MR) is 54.5 cm³/mol. The molecule has 1 unspecified atom stereocenters. The van der Waals surface area contributed by atoms with Crippen LogP contribution < -0.4 is 0 Å². The molecule has 76 valence electrons. The summed E-state index contributed by atoms with van der Waals surface area (Å²) in [6.07, 6.45) is 2.92. The maximum absolute atomic E-state index is 11.2. The van der Waals surface area contributed by atoms with Crippen LogP contribution in [0, 0.1) is 5.92 Å². The molecule has 13 heavy (non-hydrogen) atoms. The third-order valence-corrected chi connectivity index (χ3v) is 1.93. The van der Waals surface area contributed by atoms with Crippen molar-refractivity contribution in [2.75, 3.05) is 6.61 Å². The van der Waals surface area contributed by atoms with E-state index in [0.29, 0.717) is 6.61 Å². The van der Waals surface area contributed by atoms with Gasteiger partial charge in [0.25, 0.3) is 0 Å². The Labute approximate surface area is 81.0 Å². The molecule has 0 aliphatic heterocycles. The van der Waals surface area contributed by atoms with Crippen molar-refractivity contribution in [2.45, 2.75) is 40.0 Å². The van der Waals surface area contributed by atoms with Gasteiger partial charge in [-0.15, -0.1) is 6.58 Å². The fourth-order valence-electron chi connectivity index (χ4n) is 1.11. The maximum atomic E-state index is 11.2. The van der Waals surface area contributed by atoms with Gasteiger partial charge in [0.2, 0.25) is 0 Å². The first-order valence-corrected chi connectivity index (χ1v) is 4.89. The van der Waals surface area contributed by atoms with E-state index in [4.69, 9.17) is 4.74 Å². The average molecular weight is 184 g/mol. The van der Waals surface area contributed by atoms with Crippen LogP contribution >= 0.6 is 0 Å². The van der Waals surface area contributed by atoms with E-state index in [1.54, 1.807) is 0 Å². The summed E-state index contributed by atoms with van der Waals surface area (Å²) in [6.45, 7) is 10.0. The van der Waals surface area contributed by atoms with Crippen LogP contribution in [0.4, 0.5) is 0 Å². The molecule has 0 aromatic heterocycles. The van der Waals surface area contributed by atoms with Gasteiger partial charge in [-0.3, -0.25) is 4.79 Å². The minimum Gasteiger partial charge on any atom is -0.466 e. The SMILES string of the molecule is C=C(C)CCCC(C)C(=O)OCC. The summed E-state index contributed by atoms with van der Waals surface area (Å²) < 4.78 is 4.90. The lowest BCUT2D eigenvalue weighted by atomic mass is 10.0. The number of rotatable bonds is 6. The molecule has 0 aliphatic carbocycles. The molecule has 0 amide bonds. The Kier molecular flexibility index (Phi) is 6.29. The van der Waals surface area contributed by atoms with Gasteiger partial charge in [-0.1, -0.05) is 12.5 Å². The molecule has 0 spiro atoms. The molecule has 0 saturated heterocycles. The Morgan fingerprint density at radius 3 is 2.62 bits per heavy atom. The molecule has 0 bridgehead atoms. The van der Waals surface area contributed by atoms with Gasteiger partial charge in [0.15, 0.2) is 0 Å². The molecule has 0 aromatic carbocycles. The fourth-order valence-corrected chi connectivity index (χ4v) is 1.11. The lowest BCUT2D eigenvalue weighted by Gasteiger charge is -2.09.